The van der Waals surface area contributed by atoms with Gasteiger partial charge in [-0.3, -0.25) is 9.78 Å². The highest BCUT2D eigenvalue weighted by Gasteiger charge is 2.14. The van der Waals surface area contributed by atoms with Gasteiger partial charge in [-0.05, 0) is 42.8 Å². The highest BCUT2D eigenvalue weighted by Crippen LogP contribution is 2.36. The average Bonchev–Trinajstić information content (AvgIpc) is 2.84. The molecule has 0 aliphatic rings. The first-order valence-electron chi connectivity index (χ1n) is 10.2. The molecule has 0 saturated heterocycles. The maximum absolute atomic E-state index is 12.8. The molecule has 0 bridgehead atoms. The average molecular weight is 428 g/mol. The van der Waals surface area contributed by atoms with Crippen LogP contribution in [0.2, 0.25) is 0 Å². The van der Waals surface area contributed by atoms with Crippen LogP contribution in [0.15, 0.2) is 79.0 Å². The number of hydrogen-bond donors (Lipinski definition) is 1. The molecule has 1 N–H and O–H groups in total. The Morgan fingerprint density at radius 1 is 0.875 bits per heavy atom. The van der Waals surface area contributed by atoms with Gasteiger partial charge in [0.15, 0.2) is 11.5 Å². The number of carbonyl (C=O) groups is 1. The summed E-state index contributed by atoms with van der Waals surface area (Å²) in [6.07, 6.45) is 1.67. The second-order valence-corrected chi connectivity index (χ2v) is 7.27. The standard InChI is InChI=1S/C26H24N2O4/c1-17(18-8-5-4-6-9-18)28-26(29)19-10-7-11-20(14-19)32-23-12-13-27-22-16-25(31-3)24(30-2)15-21(22)23/h4-17H,1-3H3,(H,28,29)/t17-/m1/s1. The number of nitrogens with one attached hydrogen (secondary N) is 1. The van der Waals surface area contributed by atoms with Crippen LogP contribution in [0.25, 0.3) is 10.9 Å². The Hall–Kier alpha value is -4.06. The molecule has 0 unspecified atom stereocenters. The number of ether oxygens (including phenoxy) is 3. The van der Waals surface area contributed by atoms with E-state index in [2.05, 4.69) is 10.3 Å². The van der Waals surface area contributed by atoms with Crippen molar-refractivity contribution in [2.45, 2.75) is 13.0 Å². The first kappa shape index (κ1) is 21.2. The molecule has 32 heavy (non-hydrogen) atoms. The molecule has 0 aliphatic carbocycles. The molecular formula is C26H24N2O4. The van der Waals surface area contributed by atoms with Crippen molar-refractivity contribution >= 4 is 16.8 Å². The molecule has 1 heterocycles. The third-order valence-electron chi connectivity index (χ3n) is 5.18. The summed E-state index contributed by atoms with van der Waals surface area (Å²) in [4.78, 5) is 17.2. The largest absolute Gasteiger partial charge is 0.493 e. The summed E-state index contributed by atoms with van der Waals surface area (Å²) in [5, 5.41) is 3.80. The summed E-state index contributed by atoms with van der Waals surface area (Å²) in [7, 11) is 3.17. The van der Waals surface area contributed by atoms with Gasteiger partial charge in [0.2, 0.25) is 0 Å². The summed E-state index contributed by atoms with van der Waals surface area (Å²) < 4.78 is 16.9. The molecule has 1 atom stereocenters. The number of pyridine rings is 1. The molecule has 0 radical (unpaired) electrons. The van der Waals surface area contributed by atoms with Crippen molar-refractivity contribution in [3.8, 4) is 23.0 Å². The van der Waals surface area contributed by atoms with E-state index in [1.54, 1.807) is 50.7 Å². The Bertz CT molecular complexity index is 1240. The molecular weight excluding hydrogens is 404 g/mol. The van der Waals surface area contributed by atoms with Gasteiger partial charge < -0.3 is 19.5 Å². The molecule has 1 aromatic heterocycles. The van der Waals surface area contributed by atoms with Gasteiger partial charge in [-0.2, -0.15) is 0 Å². The molecule has 162 valence electrons. The Labute approximate surface area is 186 Å². The number of hydrogen-bond acceptors (Lipinski definition) is 5. The lowest BCUT2D eigenvalue weighted by Gasteiger charge is -2.15. The third kappa shape index (κ3) is 4.49. The van der Waals surface area contributed by atoms with E-state index in [9.17, 15) is 4.79 Å². The zero-order valence-electron chi connectivity index (χ0n) is 18.2. The maximum atomic E-state index is 12.8. The Morgan fingerprint density at radius 2 is 1.62 bits per heavy atom. The van der Waals surface area contributed by atoms with Crippen molar-refractivity contribution < 1.29 is 19.0 Å². The minimum Gasteiger partial charge on any atom is -0.493 e. The minimum absolute atomic E-state index is 0.111. The predicted octanol–water partition coefficient (Wildman–Crippen LogP) is 5.54. The highest BCUT2D eigenvalue weighted by molar-refractivity contribution is 5.95. The van der Waals surface area contributed by atoms with E-state index in [4.69, 9.17) is 14.2 Å². The number of benzene rings is 3. The number of rotatable bonds is 7. The number of aromatic nitrogens is 1. The van der Waals surface area contributed by atoms with E-state index >= 15 is 0 Å². The van der Waals surface area contributed by atoms with E-state index in [0.29, 0.717) is 34.1 Å². The Kier molecular flexibility index (Phi) is 6.22. The smallest absolute Gasteiger partial charge is 0.251 e. The van der Waals surface area contributed by atoms with Crippen LogP contribution in [0, 0.1) is 0 Å². The fourth-order valence-electron chi connectivity index (χ4n) is 3.47. The van der Waals surface area contributed by atoms with Crippen LogP contribution in [-0.2, 0) is 0 Å². The molecule has 4 aromatic rings. The lowest BCUT2D eigenvalue weighted by molar-refractivity contribution is 0.0939. The summed E-state index contributed by atoms with van der Waals surface area (Å²) in [5.74, 6) is 2.16. The second-order valence-electron chi connectivity index (χ2n) is 7.27. The fourth-order valence-corrected chi connectivity index (χ4v) is 3.47. The number of fused-ring (bicyclic) bond motifs is 1. The lowest BCUT2D eigenvalue weighted by Crippen LogP contribution is -2.26. The topological polar surface area (TPSA) is 69.7 Å². The molecule has 0 spiro atoms. The van der Waals surface area contributed by atoms with Crippen LogP contribution in [0.3, 0.4) is 0 Å². The van der Waals surface area contributed by atoms with Crippen LogP contribution in [0.4, 0.5) is 0 Å². The van der Waals surface area contributed by atoms with Crippen molar-refractivity contribution in [1.82, 2.24) is 10.3 Å². The second kappa shape index (κ2) is 9.39. The Morgan fingerprint density at radius 3 is 2.38 bits per heavy atom. The van der Waals surface area contributed by atoms with Gasteiger partial charge in [0.25, 0.3) is 5.91 Å². The summed E-state index contributed by atoms with van der Waals surface area (Å²) >= 11 is 0. The lowest BCUT2D eigenvalue weighted by atomic mass is 10.1. The maximum Gasteiger partial charge on any atom is 0.251 e. The van der Waals surface area contributed by atoms with Gasteiger partial charge in [-0.25, -0.2) is 0 Å². The van der Waals surface area contributed by atoms with Crippen LogP contribution in [0.5, 0.6) is 23.0 Å². The van der Waals surface area contributed by atoms with E-state index in [0.717, 1.165) is 10.9 Å². The molecule has 6 heteroatoms. The molecule has 6 nitrogen and oxygen atoms in total. The van der Waals surface area contributed by atoms with Crippen molar-refractivity contribution in [2.24, 2.45) is 0 Å². The van der Waals surface area contributed by atoms with Gasteiger partial charge >= 0.3 is 0 Å². The molecule has 0 saturated carbocycles. The summed E-state index contributed by atoms with van der Waals surface area (Å²) in [6.45, 7) is 1.96. The van der Waals surface area contributed by atoms with Crippen molar-refractivity contribution in [2.75, 3.05) is 14.2 Å². The zero-order chi connectivity index (χ0) is 22.5. The van der Waals surface area contributed by atoms with Crippen LogP contribution < -0.4 is 19.5 Å². The number of amides is 1. The summed E-state index contributed by atoms with van der Waals surface area (Å²) in [5.41, 5.74) is 2.27. The zero-order valence-corrected chi connectivity index (χ0v) is 18.2. The molecule has 4 rings (SSSR count). The van der Waals surface area contributed by atoms with Crippen molar-refractivity contribution in [3.63, 3.8) is 0 Å². The van der Waals surface area contributed by atoms with Crippen LogP contribution >= 0.6 is 0 Å². The monoisotopic (exact) mass is 428 g/mol. The minimum atomic E-state index is -0.169. The quantitative estimate of drug-likeness (QED) is 0.419. The molecule has 0 fully saturated rings. The van der Waals surface area contributed by atoms with Gasteiger partial charge in [-0.1, -0.05) is 36.4 Å². The van der Waals surface area contributed by atoms with Gasteiger partial charge in [0.05, 0.1) is 25.8 Å². The van der Waals surface area contributed by atoms with Gasteiger partial charge in [0, 0.05) is 23.2 Å². The Balaban J connectivity index is 1.58. The first-order chi connectivity index (χ1) is 15.6. The SMILES string of the molecule is COc1cc2nccc(Oc3cccc(C(=O)N[C@H](C)c4ccccc4)c3)c2cc1OC. The molecule has 1 amide bonds. The van der Waals surface area contributed by atoms with Gasteiger partial charge in [-0.15, -0.1) is 0 Å². The molecule has 3 aromatic carbocycles. The summed E-state index contributed by atoms with van der Waals surface area (Å²) in [6, 6.07) is 22.2. The van der Waals surface area contributed by atoms with E-state index in [-0.39, 0.29) is 11.9 Å². The number of nitrogens with zero attached hydrogens (tertiary/aromatic N) is 1. The normalized spacial score (nSPS) is 11.6. The fraction of sp³-hybridized carbons (Fsp3) is 0.154. The van der Waals surface area contributed by atoms with E-state index in [1.165, 1.54) is 0 Å². The van der Waals surface area contributed by atoms with E-state index < -0.39 is 0 Å². The highest BCUT2D eigenvalue weighted by atomic mass is 16.5. The van der Waals surface area contributed by atoms with Crippen LogP contribution in [0.1, 0.15) is 28.9 Å². The number of carbonyl (C=O) groups excluding carboxylic acids is 1. The molecule has 0 aliphatic heterocycles. The van der Waals surface area contributed by atoms with Crippen LogP contribution in [-0.4, -0.2) is 25.1 Å². The van der Waals surface area contributed by atoms with Crippen molar-refractivity contribution in [3.05, 3.63) is 90.1 Å². The number of methoxy groups -OCH3 is 2. The van der Waals surface area contributed by atoms with E-state index in [1.807, 2.05) is 49.4 Å². The van der Waals surface area contributed by atoms with Gasteiger partial charge in [0.1, 0.15) is 11.5 Å². The third-order valence-corrected chi connectivity index (χ3v) is 5.18. The van der Waals surface area contributed by atoms with Crippen molar-refractivity contribution in [1.29, 1.82) is 0 Å². The predicted molar refractivity (Wildman–Crippen MR) is 124 cm³/mol. The first-order valence-corrected chi connectivity index (χ1v) is 10.2.